The van der Waals surface area contributed by atoms with Gasteiger partial charge >= 0.3 is 0 Å². The monoisotopic (exact) mass is 311 g/mol. The first-order valence-electron chi connectivity index (χ1n) is 6.15. The van der Waals surface area contributed by atoms with Crippen molar-refractivity contribution in [3.8, 4) is 5.75 Å². The van der Waals surface area contributed by atoms with Crippen molar-refractivity contribution in [1.29, 1.82) is 0 Å². The van der Waals surface area contributed by atoms with Crippen LogP contribution < -0.4 is 10.5 Å². The molecule has 0 atom stereocenters. The van der Waals surface area contributed by atoms with Crippen LogP contribution in [0.5, 0.6) is 5.75 Å². The first-order valence-corrected chi connectivity index (χ1v) is 7.35. The summed E-state index contributed by atoms with van der Waals surface area (Å²) < 4.78 is 19.2. The molecule has 20 heavy (non-hydrogen) atoms. The molecule has 5 heteroatoms. The Kier molecular flexibility index (Phi) is 4.78. The van der Waals surface area contributed by atoms with Crippen LogP contribution in [0.4, 0.5) is 10.1 Å². The molecule has 0 saturated carbocycles. The van der Waals surface area contributed by atoms with Gasteiger partial charge in [-0.05, 0) is 32.0 Å². The summed E-state index contributed by atoms with van der Waals surface area (Å²) in [5.41, 5.74) is 6.22. The minimum absolute atomic E-state index is 0.105. The lowest BCUT2D eigenvalue weighted by Crippen LogP contribution is -2.07. The van der Waals surface area contributed by atoms with Crippen LogP contribution in [0, 0.1) is 5.82 Å². The zero-order valence-electron chi connectivity index (χ0n) is 11.2. The van der Waals surface area contributed by atoms with Crippen LogP contribution in [0.15, 0.2) is 46.2 Å². The van der Waals surface area contributed by atoms with Gasteiger partial charge in [-0.2, -0.15) is 0 Å². The highest BCUT2D eigenvalue weighted by Crippen LogP contribution is 2.39. The molecule has 2 nitrogen and oxygen atoms in total. The predicted molar refractivity (Wildman–Crippen MR) is 82.2 cm³/mol. The van der Waals surface area contributed by atoms with E-state index in [1.165, 1.54) is 17.8 Å². The summed E-state index contributed by atoms with van der Waals surface area (Å²) in [6.45, 7) is 3.69. The van der Waals surface area contributed by atoms with Crippen LogP contribution in [0.25, 0.3) is 0 Å². The smallest absolute Gasteiger partial charge is 0.167 e. The van der Waals surface area contributed by atoms with Gasteiger partial charge in [0.15, 0.2) is 11.6 Å². The number of hydrogen-bond acceptors (Lipinski definition) is 3. The Hall–Kier alpha value is -1.39. The number of rotatable bonds is 4. The van der Waals surface area contributed by atoms with Gasteiger partial charge in [-0.3, -0.25) is 0 Å². The van der Waals surface area contributed by atoms with E-state index in [-0.39, 0.29) is 11.9 Å². The normalized spacial score (nSPS) is 10.8. The highest BCUT2D eigenvalue weighted by molar-refractivity contribution is 7.99. The second-order valence-corrected chi connectivity index (χ2v) is 6.01. The molecule has 0 saturated heterocycles. The third-order valence-electron chi connectivity index (χ3n) is 2.48. The fourth-order valence-electron chi connectivity index (χ4n) is 1.63. The molecule has 0 aliphatic rings. The fourth-order valence-corrected chi connectivity index (χ4v) is 2.77. The van der Waals surface area contributed by atoms with Crippen molar-refractivity contribution in [2.75, 3.05) is 5.73 Å². The summed E-state index contributed by atoms with van der Waals surface area (Å²) in [7, 11) is 0. The lowest BCUT2D eigenvalue weighted by Gasteiger charge is -2.14. The van der Waals surface area contributed by atoms with Crippen LogP contribution in [-0.2, 0) is 0 Å². The maximum Gasteiger partial charge on any atom is 0.167 e. The van der Waals surface area contributed by atoms with Gasteiger partial charge in [-0.25, -0.2) is 4.39 Å². The Morgan fingerprint density at radius 2 is 1.90 bits per heavy atom. The average Bonchev–Trinajstić information content (AvgIpc) is 2.37. The molecule has 0 spiro atoms. The van der Waals surface area contributed by atoms with Gasteiger partial charge in [0.2, 0.25) is 0 Å². The maximum atomic E-state index is 13.8. The first-order chi connectivity index (χ1) is 9.47. The molecule has 2 N–H and O–H groups in total. The number of nitrogens with two attached hydrogens (primary N) is 1. The lowest BCUT2D eigenvalue weighted by molar-refractivity contribution is 0.230. The minimum atomic E-state index is -0.459. The van der Waals surface area contributed by atoms with Gasteiger partial charge in [0, 0.05) is 21.5 Å². The van der Waals surface area contributed by atoms with Gasteiger partial charge in [0.05, 0.1) is 11.1 Å². The zero-order valence-corrected chi connectivity index (χ0v) is 12.8. The van der Waals surface area contributed by atoms with Crippen LogP contribution in [-0.4, -0.2) is 6.10 Å². The summed E-state index contributed by atoms with van der Waals surface area (Å²) >= 11 is 7.50. The SMILES string of the molecule is CC(C)Oc1cc(Sc2ccccc2Cl)c(N)cc1F. The molecule has 0 heterocycles. The minimum Gasteiger partial charge on any atom is -0.488 e. The van der Waals surface area contributed by atoms with E-state index in [4.69, 9.17) is 22.1 Å². The number of ether oxygens (including phenoxy) is 1. The third-order valence-corrected chi connectivity index (χ3v) is 4.07. The molecule has 2 rings (SSSR count). The molecular weight excluding hydrogens is 297 g/mol. The van der Waals surface area contributed by atoms with E-state index in [0.29, 0.717) is 10.7 Å². The molecule has 0 aliphatic heterocycles. The van der Waals surface area contributed by atoms with Crippen molar-refractivity contribution in [2.24, 2.45) is 0 Å². The summed E-state index contributed by atoms with van der Waals surface area (Å²) in [6.07, 6.45) is -0.105. The third kappa shape index (κ3) is 3.58. The quantitative estimate of drug-likeness (QED) is 0.807. The molecule has 2 aromatic rings. The number of nitrogen functional groups attached to an aromatic ring is 1. The summed E-state index contributed by atoms with van der Waals surface area (Å²) in [5.74, 6) is -0.261. The van der Waals surface area contributed by atoms with E-state index in [2.05, 4.69) is 0 Å². The molecule has 0 fully saturated rings. The Balaban J connectivity index is 2.34. The average molecular weight is 312 g/mol. The summed E-state index contributed by atoms with van der Waals surface area (Å²) in [4.78, 5) is 1.58. The maximum absolute atomic E-state index is 13.8. The van der Waals surface area contributed by atoms with Gasteiger partial charge in [0.25, 0.3) is 0 Å². The second kappa shape index (κ2) is 6.37. The van der Waals surface area contributed by atoms with Gasteiger partial charge < -0.3 is 10.5 Å². The van der Waals surface area contributed by atoms with E-state index in [1.807, 2.05) is 32.0 Å². The Labute approximate surface area is 127 Å². The van der Waals surface area contributed by atoms with Gasteiger partial charge in [-0.15, -0.1) is 0 Å². The Morgan fingerprint density at radius 1 is 1.20 bits per heavy atom. The fraction of sp³-hybridized carbons (Fsp3) is 0.200. The number of anilines is 1. The predicted octanol–water partition coefficient (Wildman–Crippen LogP) is 5.00. The first kappa shape index (κ1) is 15.0. The molecule has 0 aliphatic carbocycles. The molecule has 2 aromatic carbocycles. The van der Waals surface area contributed by atoms with Gasteiger partial charge in [-0.1, -0.05) is 35.5 Å². The molecular formula is C15H15ClFNOS. The number of benzene rings is 2. The molecule has 0 unspecified atom stereocenters. The topological polar surface area (TPSA) is 35.2 Å². The van der Waals surface area contributed by atoms with Crippen LogP contribution in [0.1, 0.15) is 13.8 Å². The van der Waals surface area contributed by atoms with Crippen molar-refractivity contribution >= 4 is 29.1 Å². The van der Waals surface area contributed by atoms with Crippen LogP contribution in [0.3, 0.4) is 0 Å². The Bertz CT molecular complexity index is 619. The van der Waals surface area contributed by atoms with E-state index < -0.39 is 5.82 Å². The highest BCUT2D eigenvalue weighted by atomic mass is 35.5. The van der Waals surface area contributed by atoms with E-state index >= 15 is 0 Å². The van der Waals surface area contributed by atoms with Crippen molar-refractivity contribution in [1.82, 2.24) is 0 Å². The van der Waals surface area contributed by atoms with Crippen molar-refractivity contribution in [3.05, 3.63) is 47.2 Å². The second-order valence-electron chi connectivity index (χ2n) is 4.52. The molecule has 106 valence electrons. The largest absolute Gasteiger partial charge is 0.488 e. The van der Waals surface area contributed by atoms with Crippen molar-refractivity contribution in [2.45, 2.75) is 29.7 Å². The van der Waals surface area contributed by atoms with Gasteiger partial charge in [0.1, 0.15) is 0 Å². The zero-order chi connectivity index (χ0) is 14.7. The number of hydrogen-bond donors (Lipinski definition) is 1. The lowest BCUT2D eigenvalue weighted by atomic mass is 10.3. The van der Waals surface area contributed by atoms with E-state index in [0.717, 1.165) is 9.79 Å². The standard InChI is InChI=1S/C15H15ClFNOS/c1-9(2)19-13-8-15(12(18)7-11(13)17)20-14-6-4-3-5-10(14)16/h3-9H,18H2,1-2H3. The summed E-state index contributed by atoms with van der Waals surface area (Å²) in [6, 6.07) is 10.3. The molecule has 0 radical (unpaired) electrons. The van der Waals surface area contributed by atoms with Crippen molar-refractivity contribution in [3.63, 3.8) is 0 Å². The Morgan fingerprint density at radius 3 is 2.55 bits per heavy atom. The molecule has 0 aromatic heterocycles. The molecule has 0 bridgehead atoms. The molecule has 0 amide bonds. The highest BCUT2D eigenvalue weighted by Gasteiger charge is 2.12. The van der Waals surface area contributed by atoms with Crippen molar-refractivity contribution < 1.29 is 9.13 Å². The number of halogens is 2. The van der Waals surface area contributed by atoms with Crippen LogP contribution in [0.2, 0.25) is 5.02 Å². The van der Waals surface area contributed by atoms with Crippen LogP contribution >= 0.6 is 23.4 Å². The van der Waals surface area contributed by atoms with E-state index in [9.17, 15) is 4.39 Å². The van der Waals surface area contributed by atoms with E-state index in [1.54, 1.807) is 12.1 Å². The summed E-state index contributed by atoms with van der Waals surface area (Å²) in [5, 5.41) is 0.632.